The van der Waals surface area contributed by atoms with Crippen LogP contribution >= 0.6 is 11.3 Å². The van der Waals surface area contributed by atoms with Gasteiger partial charge in [-0.1, -0.05) is 6.92 Å². The number of amides is 1. The topological polar surface area (TPSA) is 45.2 Å². The summed E-state index contributed by atoms with van der Waals surface area (Å²) in [6.45, 7) is 11.2. The molecule has 3 rings (SSSR count). The van der Waals surface area contributed by atoms with Crippen molar-refractivity contribution >= 4 is 27.5 Å². The van der Waals surface area contributed by atoms with Crippen molar-refractivity contribution in [2.45, 2.75) is 53.1 Å². The quantitative estimate of drug-likeness (QED) is 0.934. The van der Waals surface area contributed by atoms with Crippen LogP contribution in [-0.4, -0.2) is 34.9 Å². The van der Waals surface area contributed by atoms with Crippen LogP contribution in [0.1, 0.15) is 54.2 Å². The number of hydrogen-bond acceptors (Lipinski definition) is 4. The minimum Gasteiger partial charge on any atom is -0.352 e. The van der Waals surface area contributed by atoms with E-state index < -0.39 is 0 Å². The zero-order chi connectivity index (χ0) is 16.6. The van der Waals surface area contributed by atoms with Gasteiger partial charge in [-0.2, -0.15) is 0 Å². The van der Waals surface area contributed by atoms with Gasteiger partial charge in [-0.05, 0) is 44.4 Å². The molecule has 4 nitrogen and oxygen atoms in total. The van der Waals surface area contributed by atoms with E-state index in [1.54, 1.807) is 0 Å². The van der Waals surface area contributed by atoms with Gasteiger partial charge in [0.15, 0.2) is 0 Å². The van der Waals surface area contributed by atoms with Gasteiger partial charge in [-0.25, -0.2) is 4.98 Å². The van der Waals surface area contributed by atoms with E-state index in [4.69, 9.17) is 4.98 Å². The summed E-state index contributed by atoms with van der Waals surface area (Å²) in [6.07, 6.45) is 1.86. The number of aromatic nitrogens is 1. The summed E-state index contributed by atoms with van der Waals surface area (Å²) in [7, 11) is 0. The van der Waals surface area contributed by atoms with Crippen molar-refractivity contribution in [2.75, 3.05) is 13.1 Å². The molecule has 0 unspecified atom stereocenters. The molecular formula is C18H25N3OS. The van der Waals surface area contributed by atoms with Crippen LogP contribution in [0.25, 0.3) is 10.2 Å². The maximum absolute atomic E-state index is 12.3. The van der Waals surface area contributed by atoms with E-state index in [1.807, 2.05) is 6.92 Å². The average Bonchev–Trinajstić information content (AvgIpc) is 2.89. The molecule has 0 radical (unpaired) electrons. The number of aryl methyl sites for hydroxylation is 1. The average molecular weight is 331 g/mol. The van der Waals surface area contributed by atoms with E-state index in [0.717, 1.165) is 41.2 Å². The lowest BCUT2D eigenvalue weighted by Crippen LogP contribution is -2.36. The van der Waals surface area contributed by atoms with Gasteiger partial charge in [0.1, 0.15) is 4.83 Å². The summed E-state index contributed by atoms with van der Waals surface area (Å²) in [4.78, 5) is 21.5. The molecule has 5 heteroatoms. The van der Waals surface area contributed by atoms with Gasteiger partial charge < -0.3 is 5.32 Å². The summed E-state index contributed by atoms with van der Waals surface area (Å²) in [5, 5.41) is 4.09. The highest BCUT2D eigenvalue weighted by atomic mass is 32.1. The molecule has 1 amide bonds. The van der Waals surface area contributed by atoms with Crippen LogP contribution in [0.5, 0.6) is 0 Å². The van der Waals surface area contributed by atoms with E-state index in [-0.39, 0.29) is 5.91 Å². The first-order chi connectivity index (χ1) is 11.0. The Bertz CT molecular complexity index is 735. The summed E-state index contributed by atoms with van der Waals surface area (Å²) in [5.41, 5.74) is 3.68. The summed E-state index contributed by atoms with van der Waals surface area (Å²) >= 11 is 1.54. The van der Waals surface area contributed by atoms with E-state index >= 15 is 0 Å². The number of carbonyl (C=O) groups excluding carboxylic acids is 1. The molecule has 1 N–H and O–H groups in total. The highest BCUT2D eigenvalue weighted by Gasteiger charge is 2.23. The second kappa shape index (κ2) is 6.57. The van der Waals surface area contributed by atoms with Crippen molar-refractivity contribution < 1.29 is 4.79 Å². The smallest absolute Gasteiger partial charge is 0.261 e. The fourth-order valence-corrected chi connectivity index (χ4v) is 4.45. The predicted octanol–water partition coefficient (Wildman–Crippen LogP) is 3.37. The van der Waals surface area contributed by atoms with Crippen LogP contribution in [0.15, 0.2) is 6.07 Å². The highest BCUT2D eigenvalue weighted by molar-refractivity contribution is 7.20. The third-order valence-electron chi connectivity index (χ3n) is 4.59. The van der Waals surface area contributed by atoms with Crippen LogP contribution in [0.4, 0.5) is 0 Å². The Morgan fingerprint density at radius 2 is 2.22 bits per heavy atom. The molecule has 23 heavy (non-hydrogen) atoms. The maximum Gasteiger partial charge on any atom is 0.261 e. The monoisotopic (exact) mass is 331 g/mol. The lowest BCUT2D eigenvalue weighted by molar-refractivity contribution is 0.0959. The zero-order valence-corrected chi connectivity index (χ0v) is 15.2. The molecule has 0 atom stereocenters. The Morgan fingerprint density at radius 1 is 1.43 bits per heavy atom. The number of nitrogens with one attached hydrogen (secondary N) is 1. The fraction of sp³-hybridized carbons (Fsp3) is 0.556. The minimum absolute atomic E-state index is 0.0362. The van der Waals surface area contributed by atoms with E-state index in [2.05, 4.69) is 37.1 Å². The Balaban J connectivity index is 2.07. The van der Waals surface area contributed by atoms with Crippen LogP contribution in [-0.2, 0) is 19.4 Å². The predicted molar refractivity (Wildman–Crippen MR) is 96.3 cm³/mol. The van der Waals surface area contributed by atoms with Crippen molar-refractivity contribution in [3.63, 3.8) is 0 Å². The van der Waals surface area contributed by atoms with Crippen LogP contribution in [0.2, 0.25) is 0 Å². The Hall–Kier alpha value is -1.46. The molecule has 0 fully saturated rings. The zero-order valence-electron chi connectivity index (χ0n) is 14.4. The van der Waals surface area contributed by atoms with Gasteiger partial charge in [0.25, 0.3) is 5.91 Å². The van der Waals surface area contributed by atoms with Crippen LogP contribution < -0.4 is 5.32 Å². The molecule has 2 aromatic rings. The van der Waals surface area contributed by atoms with Crippen molar-refractivity contribution in [3.8, 4) is 0 Å². The molecule has 1 aliphatic rings. The molecule has 0 saturated heterocycles. The lowest BCUT2D eigenvalue weighted by Gasteiger charge is -2.31. The third kappa shape index (κ3) is 3.00. The number of fused-ring (bicyclic) bond motifs is 2. The molecule has 2 aromatic heterocycles. The highest BCUT2D eigenvalue weighted by Crippen LogP contribution is 2.33. The fourth-order valence-electron chi connectivity index (χ4n) is 3.27. The van der Waals surface area contributed by atoms with E-state index in [9.17, 15) is 4.79 Å². The lowest BCUT2D eigenvalue weighted by atomic mass is 10.0. The van der Waals surface area contributed by atoms with Gasteiger partial charge >= 0.3 is 0 Å². The van der Waals surface area contributed by atoms with Gasteiger partial charge in [0, 0.05) is 43.2 Å². The van der Waals surface area contributed by atoms with Crippen molar-refractivity contribution in [1.82, 2.24) is 15.2 Å². The molecule has 0 saturated carbocycles. The second-order valence-corrected chi connectivity index (χ2v) is 7.38. The van der Waals surface area contributed by atoms with Gasteiger partial charge in [-0.15, -0.1) is 11.3 Å². The second-order valence-electron chi connectivity index (χ2n) is 6.38. The normalized spacial score (nSPS) is 15.2. The van der Waals surface area contributed by atoms with Crippen molar-refractivity contribution in [3.05, 3.63) is 27.8 Å². The Kier molecular flexibility index (Phi) is 4.69. The van der Waals surface area contributed by atoms with Gasteiger partial charge in [0.05, 0.1) is 4.88 Å². The first kappa shape index (κ1) is 16.4. The molecular weight excluding hydrogens is 306 g/mol. The summed E-state index contributed by atoms with van der Waals surface area (Å²) in [5.74, 6) is 0.0362. The first-order valence-electron chi connectivity index (χ1n) is 8.51. The number of rotatable bonds is 4. The molecule has 0 aromatic carbocycles. The molecule has 124 valence electrons. The van der Waals surface area contributed by atoms with Crippen molar-refractivity contribution in [2.24, 2.45) is 0 Å². The molecule has 3 heterocycles. The number of hydrogen-bond donors (Lipinski definition) is 1. The van der Waals surface area contributed by atoms with Crippen LogP contribution in [0.3, 0.4) is 0 Å². The van der Waals surface area contributed by atoms with E-state index in [1.165, 1.54) is 28.0 Å². The maximum atomic E-state index is 12.3. The largest absolute Gasteiger partial charge is 0.352 e. The SMILES string of the molecule is CCNC(=O)c1sc2nc3c(cc2c1CC)CN(C(C)C)CC3. The third-order valence-corrected chi connectivity index (χ3v) is 5.73. The minimum atomic E-state index is 0.0362. The Morgan fingerprint density at radius 3 is 2.87 bits per heavy atom. The summed E-state index contributed by atoms with van der Waals surface area (Å²) < 4.78 is 0. The van der Waals surface area contributed by atoms with Crippen LogP contribution in [0, 0.1) is 0 Å². The number of nitrogens with zero attached hydrogens (tertiary/aromatic N) is 2. The first-order valence-corrected chi connectivity index (χ1v) is 9.33. The van der Waals surface area contributed by atoms with Crippen molar-refractivity contribution in [1.29, 1.82) is 0 Å². The molecule has 0 bridgehead atoms. The van der Waals surface area contributed by atoms with Gasteiger partial charge in [-0.3, -0.25) is 9.69 Å². The number of carbonyl (C=O) groups is 1. The van der Waals surface area contributed by atoms with Gasteiger partial charge in [0.2, 0.25) is 0 Å². The molecule has 1 aliphatic heterocycles. The molecule has 0 spiro atoms. The standard InChI is InChI=1S/C18H25N3OS/c1-5-13-14-9-12-10-21(11(3)4)8-7-15(12)20-18(14)23-16(13)17(22)19-6-2/h9,11H,5-8,10H2,1-4H3,(H,19,22). The molecule has 0 aliphatic carbocycles. The summed E-state index contributed by atoms with van der Waals surface area (Å²) in [6, 6.07) is 2.84. The number of pyridine rings is 1. The number of thiophene rings is 1. The van der Waals surface area contributed by atoms with E-state index in [0.29, 0.717) is 12.6 Å². The Labute approximate surface area is 141 Å².